The van der Waals surface area contributed by atoms with Crippen LogP contribution in [0.5, 0.6) is 5.75 Å². The summed E-state index contributed by atoms with van der Waals surface area (Å²) in [5.41, 5.74) is 8.59. The minimum absolute atomic E-state index is 0.311. The lowest BCUT2D eigenvalue weighted by Crippen LogP contribution is -2.32. The Balaban J connectivity index is 1.56. The van der Waals surface area contributed by atoms with Gasteiger partial charge in [0.2, 0.25) is 5.91 Å². The van der Waals surface area contributed by atoms with E-state index in [-0.39, 0.29) is 5.91 Å². The van der Waals surface area contributed by atoms with E-state index >= 15 is 0 Å². The molecule has 3 aromatic rings. The topological polar surface area (TPSA) is 64.4 Å². The Labute approximate surface area is 176 Å². The second-order valence-electron chi connectivity index (χ2n) is 6.93. The molecule has 3 rings (SSSR count). The highest BCUT2D eigenvalue weighted by Gasteiger charge is 2.12. The maximum Gasteiger partial charge on any atom is 0.241 e. The van der Waals surface area contributed by atoms with Crippen LogP contribution in [0.25, 0.3) is 10.4 Å². The highest BCUT2D eigenvalue weighted by molar-refractivity contribution is 7.13. The van der Waals surface area contributed by atoms with Gasteiger partial charge < -0.3 is 15.8 Å². The number of ether oxygens (including phenoxy) is 1. The number of anilines is 1. The van der Waals surface area contributed by atoms with Crippen molar-refractivity contribution in [2.24, 2.45) is 5.73 Å². The van der Waals surface area contributed by atoms with Crippen molar-refractivity contribution in [3.05, 3.63) is 78.5 Å². The summed E-state index contributed by atoms with van der Waals surface area (Å²) < 4.78 is 6.08. The van der Waals surface area contributed by atoms with E-state index in [0.29, 0.717) is 12.3 Å². The van der Waals surface area contributed by atoms with Gasteiger partial charge in [0, 0.05) is 16.1 Å². The molecule has 0 saturated carbocycles. The minimum atomic E-state index is -0.799. The predicted molar refractivity (Wildman–Crippen MR) is 121 cm³/mol. The number of unbranched alkanes of at least 4 members (excludes halogenated alkanes) is 2. The van der Waals surface area contributed by atoms with E-state index in [1.54, 1.807) is 11.3 Å². The molecule has 3 N–H and O–H groups in total. The van der Waals surface area contributed by atoms with Crippen LogP contribution in [0, 0.1) is 6.92 Å². The van der Waals surface area contributed by atoms with E-state index in [2.05, 4.69) is 36.5 Å². The molecule has 5 heteroatoms. The quantitative estimate of drug-likeness (QED) is 0.448. The highest BCUT2D eigenvalue weighted by Crippen LogP contribution is 2.35. The Morgan fingerprint density at radius 2 is 1.90 bits per heavy atom. The summed E-state index contributed by atoms with van der Waals surface area (Å²) in [6.45, 7) is 4.22. The van der Waals surface area contributed by atoms with Crippen LogP contribution in [0.3, 0.4) is 0 Å². The summed E-state index contributed by atoms with van der Waals surface area (Å²) in [6, 6.07) is 19.5. The second-order valence-corrected chi connectivity index (χ2v) is 7.88. The third-order valence-electron chi connectivity index (χ3n) is 4.58. The summed E-state index contributed by atoms with van der Waals surface area (Å²) >= 11 is 1.64. The van der Waals surface area contributed by atoms with E-state index < -0.39 is 6.04 Å². The van der Waals surface area contributed by atoms with Gasteiger partial charge in [-0.2, -0.15) is 0 Å². The molecular formula is C24H27N2O2S. The molecule has 0 fully saturated rings. The third-order valence-corrected chi connectivity index (χ3v) is 5.48. The number of hydrogen-bond acceptors (Lipinski definition) is 4. The van der Waals surface area contributed by atoms with Gasteiger partial charge in [-0.05, 0) is 67.8 Å². The maximum atomic E-state index is 11.8. The Hall–Kier alpha value is -2.63. The van der Waals surface area contributed by atoms with Crippen molar-refractivity contribution in [1.29, 1.82) is 0 Å². The summed E-state index contributed by atoms with van der Waals surface area (Å²) in [4.78, 5) is 12.9. The smallest absolute Gasteiger partial charge is 0.241 e. The standard InChI is InChI=1S/C24H27N2O2S/c1-18(25)24(27)26-20-13-14-22(21(17-20)23-12-8-16-29-23)28-15-7-3-6-11-19-9-4-2-5-10-19/h2,4-5,8-10,12-14,16-18H,1,3,6-7,11,15,25H2,(H,26,27)/t18-/m0/s1. The van der Waals surface area contributed by atoms with Gasteiger partial charge in [0.1, 0.15) is 5.75 Å². The van der Waals surface area contributed by atoms with Crippen LogP contribution in [-0.2, 0) is 11.2 Å². The van der Waals surface area contributed by atoms with Gasteiger partial charge in [-0.15, -0.1) is 11.3 Å². The van der Waals surface area contributed by atoms with Crippen molar-refractivity contribution in [3.63, 3.8) is 0 Å². The molecule has 1 radical (unpaired) electrons. The number of carbonyl (C=O) groups is 1. The molecule has 1 aromatic heterocycles. The fraction of sp³-hybridized carbons (Fsp3) is 0.250. The molecule has 151 valence electrons. The zero-order valence-electron chi connectivity index (χ0n) is 16.5. The fourth-order valence-corrected chi connectivity index (χ4v) is 3.78. The van der Waals surface area contributed by atoms with Crippen molar-refractivity contribution in [2.45, 2.75) is 31.7 Å². The van der Waals surface area contributed by atoms with Gasteiger partial charge in [-0.25, -0.2) is 0 Å². The molecule has 0 aliphatic carbocycles. The van der Waals surface area contributed by atoms with E-state index in [4.69, 9.17) is 10.5 Å². The molecule has 0 bridgehead atoms. The molecule has 2 aromatic carbocycles. The normalized spacial score (nSPS) is 11.8. The Morgan fingerprint density at radius 1 is 1.07 bits per heavy atom. The monoisotopic (exact) mass is 407 g/mol. The fourth-order valence-electron chi connectivity index (χ4n) is 3.03. The van der Waals surface area contributed by atoms with E-state index in [0.717, 1.165) is 41.9 Å². The number of rotatable bonds is 10. The summed E-state index contributed by atoms with van der Waals surface area (Å²) in [7, 11) is 0. The Bertz CT molecular complexity index is 893. The van der Waals surface area contributed by atoms with Gasteiger partial charge in [0.25, 0.3) is 0 Å². The maximum absolute atomic E-state index is 11.8. The zero-order valence-corrected chi connectivity index (χ0v) is 17.3. The van der Waals surface area contributed by atoms with Crippen LogP contribution in [0.1, 0.15) is 24.8 Å². The van der Waals surface area contributed by atoms with Gasteiger partial charge in [-0.3, -0.25) is 4.79 Å². The number of benzene rings is 2. The number of carbonyl (C=O) groups excluding carboxylic acids is 1. The van der Waals surface area contributed by atoms with Crippen LogP contribution in [0.4, 0.5) is 5.69 Å². The first-order valence-corrected chi connectivity index (χ1v) is 10.8. The molecule has 0 spiro atoms. The highest BCUT2D eigenvalue weighted by atomic mass is 32.1. The molecule has 1 atom stereocenters. The lowest BCUT2D eigenvalue weighted by Gasteiger charge is -2.14. The predicted octanol–water partition coefficient (Wildman–Crippen LogP) is 5.31. The molecule has 0 aliphatic rings. The third kappa shape index (κ3) is 6.44. The van der Waals surface area contributed by atoms with E-state index in [1.807, 2.05) is 41.8 Å². The second kappa shape index (κ2) is 10.8. The largest absolute Gasteiger partial charge is 0.493 e. The van der Waals surface area contributed by atoms with Gasteiger partial charge in [-0.1, -0.05) is 36.4 Å². The van der Waals surface area contributed by atoms with Crippen molar-refractivity contribution < 1.29 is 9.53 Å². The van der Waals surface area contributed by atoms with Crippen LogP contribution in [0.2, 0.25) is 0 Å². The lowest BCUT2D eigenvalue weighted by atomic mass is 10.1. The molecule has 0 unspecified atom stereocenters. The summed E-state index contributed by atoms with van der Waals surface area (Å²) in [5, 5.41) is 4.82. The lowest BCUT2D eigenvalue weighted by molar-refractivity contribution is -0.116. The van der Waals surface area contributed by atoms with Gasteiger partial charge in [0.05, 0.1) is 12.6 Å². The zero-order chi connectivity index (χ0) is 20.5. The van der Waals surface area contributed by atoms with Gasteiger partial charge >= 0.3 is 0 Å². The molecule has 1 heterocycles. The van der Waals surface area contributed by atoms with E-state index in [1.165, 1.54) is 5.56 Å². The Kier molecular flexibility index (Phi) is 7.85. The number of nitrogens with one attached hydrogen (secondary N) is 1. The number of hydrogen-bond donors (Lipinski definition) is 2. The molecule has 1 amide bonds. The molecular weight excluding hydrogens is 380 g/mol. The SMILES string of the molecule is [CH2][C@H](N)C(=O)Nc1ccc(OCCCCCc2ccccc2)c(-c2cccs2)c1. The number of thiophene rings is 1. The van der Waals surface area contributed by atoms with Crippen molar-refractivity contribution in [1.82, 2.24) is 0 Å². The van der Waals surface area contributed by atoms with Crippen molar-refractivity contribution >= 4 is 22.9 Å². The molecule has 29 heavy (non-hydrogen) atoms. The van der Waals surface area contributed by atoms with Crippen LogP contribution in [0.15, 0.2) is 66.0 Å². The van der Waals surface area contributed by atoms with Crippen LogP contribution < -0.4 is 15.8 Å². The average Bonchev–Trinajstić information content (AvgIpc) is 3.26. The summed E-state index contributed by atoms with van der Waals surface area (Å²) in [6.07, 6.45) is 4.38. The molecule has 0 saturated heterocycles. The minimum Gasteiger partial charge on any atom is -0.493 e. The van der Waals surface area contributed by atoms with Crippen LogP contribution in [-0.4, -0.2) is 18.6 Å². The van der Waals surface area contributed by atoms with Crippen molar-refractivity contribution in [2.75, 3.05) is 11.9 Å². The first kappa shape index (κ1) is 21.1. The summed E-state index contributed by atoms with van der Waals surface area (Å²) in [5.74, 6) is 0.515. The van der Waals surface area contributed by atoms with Gasteiger partial charge in [0.15, 0.2) is 0 Å². The molecule has 0 aliphatic heterocycles. The Morgan fingerprint density at radius 3 is 2.62 bits per heavy atom. The number of amides is 1. The molecule has 4 nitrogen and oxygen atoms in total. The first-order chi connectivity index (χ1) is 14.1. The average molecular weight is 408 g/mol. The first-order valence-electron chi connectivity index (χ1n) is 9.87. The number of nitrogens with two attached hydrogens (primary N) is 1. The van der Waals surface area contributed by atoms with Crippen LogP contribution >= 0.6 is 11.3 Å². The van der Waals surface area contributed by atoms with Crippen molar-refractivity contribution in [3.8, 4) is 16.2 Å². The number of aryl methyl sites for hydroxylation is 1. The van der Waals surface area contributed by atoms with E-state index in [9.17, 15) is 4.79 Å².